The number of carbonyl (C=O) groups is 1. The SMILES string of the molecule is Cc1ccc(-n2nc(C)c(NC(=O)CN3CCN(c4cccc(Cl)c4)CC3)c2C)cc1. The summed E-state index contributed by atoms with van der Waals surface area (Å²) in [5, 5.41) is 8.46. The van der Waals surface area contributed by atoms with Crippen molar-refractivity contribution in [1.29, 1.82) is 0 Å². The number of halogens is 1. The molecule has 1 fully saturated rings. The standard InChI is InChI=1S/C24H28ClN5O/c1-17-7-9-21(10-8-17)30-19(3)24(18(2)27-30)26-23(31)16-28-11-13-29(14-12-28)22-6-4-5-20(25)15-22/h4-10,15H,11-14,16H2,1-3H3,(H,26,31). The van der Waals surface area contributed by atoms with E-state index in [9.17, 15) is 4.79 Å². The number of aryl methyl sites for hydroxylation is 2. The monoisotopic (exact) mass is 437 g/mol. The molecule has 1 aliphatic rings. The summed E-state index contributed by atoms with van der Waals surface area (Å²) in [6.45, 7) is 9.76. The van der Waals surface area contributed by atoms with Gasteiger partial charge in [-0.05, 0) is 51.1 Å². The van der Waals surface area contributed by atoms with Gasteiger partial charge in [-0.15, -0.1) is 0 Å². The number of benzene rings is 2. The molecule has 0 atom stereocenters. The highest BCUT2D eigenvalue weighted by molar-refractivity contribution is 6.30. The van der Waals surface area contributed by atoms with Gasteiger partial charge in [-0.2, -0.15) is 5.10 Å². The van der Waals surface area contributed by atoms with E-state index in [2.05, 4.69) is 45.3 Å². The zero-order chi connectivity index (χ0) is 22.0. The maximum Gasteiger partial charge on any atom is 0.238 e. The molecule has 0 saturated carbocycles. The molecule has 4 rings (SSSR count). The van der Waals surface area contributed by atoms with Gasteiger partial charge in [0.25, 0.3) is 0 Å². The molecule has 162 valence electrons. The van der Waals surface area contributed by atoms with Crippen molar-refractivity contribution in [2.45, 2.75) is 20.8 Å². The molecule has 6 nitrogen and oxygen atoms in total. The van der Waals surface area contributed by atoms with Crippen LogP contribution in [0.1, 0.15) is 17.0 Å². The van der Waals surface area contributed by atoms with Gasteiger partial charge >= 0.3 is 0 Å². The Morgan fingerprint density at radius 3 is 2.39 bits per heavy atom. The zero-order valence-corrected chi connectivity index (χ0v) is 19.0. The Kier molecular flexibility index (Phi) is 6.30. The molecule has 0 radical (unpaired) electrons. The molecule has 0 aliphatic carbocycles. The fraction of sp³-hybridized carbons (Fsp3) is 0.333. The highest BCUT2D eigenvalue weighted by Crippen LogP contribution is 2.24. The second kappa shape index (κ2) is 9.12. The van der Waals surface area contributed by atoms with Gasteiger partial charge in [0.1, 0.15) is 0 Å². The lowest BCUT2D eigenvalue weighted by molar-refractivity contribution is -0.117. The van der Waals surface area contributed by atoms with Gasteiger partial charge in [0.2, 0.25) is 5.91 Å². The fourth-order valence-electron chi connectivity index (χ4n) is 3.98. The first-order valence-corrected chi connectivity index (χ1v) is 10.9. The Bertz CT molecular complexity index is 1070. The maximum atomic E-state index is 12.8. The van der Waals surface area contributed by atoms with Crippen molar-refractivity contribution in [3.8, 4) is 5.69 Å². The van der Waals surface area contributed by atoms with Crippen molar-refractivity contribution >= 4 is 28.9 Å². The van der Waals surface area contributed by atoms with E-state index in [0.717, 1.165) is 59.7 Å². The van der Waals surface area contributed by atoms with Gasteiger partial charge in [-0.3, -0.25) is 9.69 Å². The molecule has 3 aromatic rings. The zero-order valence-electron chi connectivity index (χ0n) is 18.2. The van der Waals surface area contributed by atoms with Gasteiger partial charge in [0.15, 0.2) is 0 Å². The summed E-state index contributed by atoms with van der Waals surface area (Å²) in [6, 6.07) is 16.1. The van der Waals surface area contributed by atoms with Crippen LogP contribution in [-0.2, 0) is 4.79 Å². The molecule has 2 aromatic carbocycles. The summed E-state index contributed by atoms with van der Waals surface area (Å²) in [7, 11) is 0. The predicted molar refractivity (Wildman–Crippen MR) is 127 cm³/mol. The van der Waals surface area contributed by atoms with Crippen LogP contribution < -0.4 is 10.2 Å². The number of hydrogen-bond donors (Lipinski definition) is 1. The van der Waals surface area contributed by atoms with E-state index in [1.165, 1.54) is 5.56 Å². The smallest absolute Gasteiger partial charge is 0.238 e. The van der Waals surface area contributed by atoms with Crippen LogP contribution in [0.15, 0.2) is 48.5 Å². The first-order chi connectivity index (χ1) is 14.9. The molecule has 2 heterocycles. The van der Waals surface area contributed by atoms with Crippen LogP contribution in [0.5, 0.6) is 0 Å². The molecule has 0 spiro atoms. The molecule has 1 aromatic heterocycles. The largest absolute Gasteiger partial charge is 0.369 e. The van der Waals surface area contributed by atoms with E-state index >= 15 is 0 Å². The Labute approximate surface area is 188 Å². The van der Waals surface area contributed by atoms with E-state index in [0.29, 0.717) is 6.54 Å². The predicted octanol–water partition coefficient (Wildman–Crippen LogP) is 4.21. The Morgan fingerprint density at radius 1 is 1.00 bits per heavy atom. The summed E-state index contributed by atoms with van der Waals surface area (Å²) in [4.78, 5) is 17.2. The van der Waals surface area contributed by atoms with Gasteiger partial charge in [-0.1, -0.05) is 35.4 Å². The van der Waals surface area contributed by atoms with E-state index < -0.39 is 0 Å². The first kappa shape index (κ1) is 21.4. The second-order valence-corrected chi connectivity index (χ2v) is 8.52. The van der Waals surface area contributed by atoms with Crippen molar-refractivity contribution in [1.82, 2.24) is 14.7 Å². The van der Waals surface area contributed by atoms with Gasteiger partial charge in [0, 0.05) is 36.9 Å². The molecule has 1 saturated heterocycles. The minimum atomic E-state index is -0.00846. The Hall–Kier alpha value is -2.83. The van der Waals surface area contributed by atoms with Crippen LogP contribution in [0.4, 0.5) is 11.4 Å². The van der Waals surface area contributed by atoms with Crippen LogP contribution in [0, 0.1) is 20.8 Å². The summed E-state index contributed by atoms with van der Waals surface area (Å²) in [5.74, 6) is -0.00846. The Balaban J connectivity index is 1.36. The lowest BCUT2D eigenvalue weighted by Crippen LogP contribution is -2.48. The van der Waals surface area contributed by atoms with E-state index in [4.69, 9.17) is 11.6 Å². The van der Waals surface area contributed by atoms with Crippen LogP contribution in [-0.4, -0.2) is 53.3 Å². The molecule has 0 bridgehead atoms. The number of anilines is 2. The van der Waals surface area contributed by atoms with Crippen LogP contribution in [0.2, 0.25) is 5.02 Å². The highest BCUT2D eigenvalue weighted by atomic mass is 35.5. The molecular formula is C24H28ClN5O. The van der Waals surface area contributed by atoms with Crippen molar-refractivity contribution in [3.63, 3.8) is 0 Å². The summed E-state index contributed by atoms with van der Waals surface area (Å²) in [6.07, 6.45) is 0. The molecule has 1 aliphatic heterocycles. The summed E-state index contributed by atoms with van der Waals surface area (Å²) in [5.41, 5.74) is 5.87. The highest BCUT2D eigenvalue weighted by Gasteiger charge is 2.21. The number of carbonyl (C=O) groups excluding carboxylic acids is 1. The van der Waals surface area contributed by atoms with E-state index in [-0.39, 0.29) is 5.91 Å². The normalized spacial score (nSPS) is 14.6. The number of rotatable bonds is 5. The molecule has 31 heavy (non-hydrogen) atoms. The molecular weight excluding hydrogens is 410 g/mol. The number of hydrogen-bond acceptors (Lipinski definition) is 4. The van der Waals surface area contributed by atoms with Crippen molar-refractivity contribution in [2.75, 3.05) is 42.9 Å². The van der Waals surface area contributed by atoms with Crippen molar-refractivity contribution in [2.24, 2.45) is 0 Å². The first-order valence-electron chi connectivity index (χ1n) is 10.6. The van der Waals surface area contributed by atoms with Crippen molar-refractivity contribution in [3.05, 3.63) is 70.5 Å². The number of piperazine rings is 1. The lowest BCUT2D eigenvalue weighted by Gasteiger charge is -2.35. The fourth-order valence-corrected chi connectivity index (χ4v) is 4.16. The topological polar surface area (TPSA) is 53.4 Å². The van der Waals surface area contributed by atoms with Crippen LogP contribution in [0.25, 0.3) is 5.69 Å². The number of aromatic nitrogens is 2. The maximum absolute atomic E-state index is 12.8. The number of amides is 1. The number of nitrogens with zero attached hydrogens (tertiary/aromatic N) is 4. The average molecular weight is 438 g/mol. The molecule has 7 heteroatoms. The molecule has 0 unspecified atom stereocenters. The quantitative estimate of drug-likeness (QED) is 0.649. The van der Waals surface area contributed by atoms with Crippen LogP contribution in [0.3, 0.4) is 0 Å². The Morgan fingerprint density at radius 2 is 1.71 bits per heavy atom. The molecule has 1 N–H and O–H groups in total. The van der Waals surface area contributed by atoms with Gasteiger partial charge in [0.05, 0.1) is 29.3 Å². The van der Waals surface area contributed by atoms with Crippen LogP contribution >= 0.6 is 11.6 Å². The second-order valence-electron chi connectivity index (χ2n) is 8.08. The molecule has 1 amide bonds. The number of nitrogens with one attached hydrogen (secondary N) is 1. The third kappa shape index (κ3) is 4.92. The van der Waals surface area contributed by atoms with E-state index in [1.807, 2.05) is 48.9 Å². The van der Waals surface area contributed by atoms with Gasteiger partial charge < -0.3 is 10.2 Å². The third-order valence-electron chi connectivity index (χ3n) is 5.75. The van der Waals surface area contributed by atoms with E-state index in [1.54, 1.807) is 0 Å². The minimum Gasteiger partial charge on any atom is -0.369 e. The average Bonchev–Trinajstić information content (AvgIpc) is 3.03. The minimum absolute atomic E-state index is 0.00846. The summed E-state index contributed by atoms with van der Waals surface area (Å²) >= 11 is 6.11. The third-order valence-corrected chi connectivity index (χ3v) is 5.98. The lowest BCUT2D eigenvalue weighted by atomic mass is 10.2. The van der Waals surface area contributed by atoms with Crippen molar-refractivity contribution < 1.29 is 4.79 Å². The van der Waals surface area contributed by atoms with Gasteiger partial charge in [-0.25, -0.2) is 4.68 Å². The summed E-state index contributed by atoms with van der Waals surface area (Å²) < 4.78 is 1.88.